The Balaban J connectivity index is 2.19. The molecule has 4 unspecified atom stereocenters. The molecule has 0 amide bonds. The summed E-state index contributed by atoms with van der Waals surface area (Å²) in [5.74, 6) is 1.68. The number of hydrogen-bond acceptors (Lipinski definition) is 1. The molecule has 0 saturated heterocycles. The molecule has 0 aromatic heterocycles. The molecule has 2 saturated carbocycles. The van der Waals surface area contributed by atoms with Gasteiger partial charge in [-0.1, -0.05) is 13.8 Å². The Hall–Kier alpha value is -0.0400. The number of aliphatic hydroxyl groups excluding tert-OH is 1. The Labute approximate surface area is 68.8 Å². The van der Waals surface area contributed by atoms with Crippen LogP contribution >= 0.6 is 0 Å². The first kappa shape index (κ1) is 7.60. The van der Waals surface area contributed by atoms with E-state index in [0.29, 0.717) is 0 Å². The molecule has 1 heteroatoms. The largest absolute Gasteiger partial charge is 0.393 e. The average molecular weight is 154 g/mol. The Morgan fingerprint density at radius 2 is 2.18 bits per heavy atom. The average Bonchev–Trinajstić information content (AvgIpc) is 2.28. The first-order valence-electron chi connectivity index (χ1n) is 4.80. The lowest BCUT2D eigenvalue weighted by molar-refractivity contribution is -0.00771. The molecule has 2 fully saturated rings. The van der Waals surface area contributed by atoms with E-state index in [1.165, 1.54) is 19.3 Å². The molecule has 0 radical (unpaired) electrons. The van der Waals surface area contributed by atoms with Crippen molar-refractivity contribution in [2.75, 3.05) is 0 Å². The summed E-state index contributed by atoms with van der Waals surface area (Å²) in [6.07, 6.45) is 4.91. The number of fused-ring (bicyclic) bond motifs is 2. The zero-order valence-electron chi connectivity index (χ0n) is 7.51. The summed E-state index contributed by atoms with van der Waals surface area (Å²) in [6.45, 7) is 4.54. The van der Waals surface area contributed by atoms with Crippen molar-refractivity contribution in [3.05, 3.63) is 0 Å². The molecule has 0 heterocycles. The van der Waals surface area contributed by atoms with Crippen LogP contribution in [0.4, 0.5) is 0 Å². The molecule has 0 aromatic rings. The Morgan fingerprint density at radius 3 is 2.91 bits per heavy atom. The second-order valence-corrected chi connectivity index (χ2v) is 4.89. The van der Waals surface area contributed by atoms with Gasteiger partial charge < -0.3 is 5.11 Å². The van der Waals surface area contributed by atoms with Crippen LogP contribution in [0.5, 0.6) is 0 Å². The summed E-state index contributed by atoms with van der Waals surface area (Å²) in [6, 6.07) is 0. The molecule has 0 aromatic carbocycles. The molecule has 1 N–H and O–H groups in total. The Bertz CT molecular complexity index is 166. The van der Waals surface area contributed by atoms with Crippen molar-refractivity contribution in [1.29, 1.82) is 0 Å². The predicted octanol–water partition coefficient (Wildman–Crippen LogP) is 2.19. The first-order valence-corrected chi connectivity index (χ1v) is 4.80. The van der Waals surface area contributed by atoms with Crippen molar-refractivity contribution in [2.24, 2.45) is 17.3 Å². The predicted molar refractivity (Wildman–Crippen MR) is 45.2 cm³/mol. The second-order valence-electron chi connectivity index (χ2n) is 4.89. The van der Waals surface area contributed by atoms with Crippen LogP contribution in [0, 0.1) is 17.3 Å². The zero-order valence-corrected chi connectivity index (χ0v) is 7.51. The van der Waals surface area contributed by atoms with Gasteiger partial charge in [0.2, 0.25) is 0 Å². The van der Waals surface area contributed by atoms with E-state index in [2.05, 4.69) is 13.8 Å². The van der Waals surface area contributed by atoms with Crippen LogP contribution in [-0.4, -0.2) is 11.2 Å². The van der Waals surface area contributed by atoms with E-state index in [9.17, 15) is 5.11 Å². The summed E-state index contributed by atoms with van der Waals surface area (Å²) in [7, 11) is 0. The van der Waals surface area contributed by atoms with Gasteiger partial charge in [-0.2, -0.15) is 0 Å². The minimum atomic E-state index is -0.0174. The van der Waals surface area contributed by atoms with E-state index in [1.54, 1.807) is 0 Å². The standard InChI is InChI=1S/C10H18O/c1-7-5-9(11)10(2)4-3-8(7)6-10/h7-9,11H,3-6H2,1-2H3. The Morgan fingerprint density at radius 1 is 1.45 bits per heavy atom. The molecule has 11 heavy (non-hydrogen) atoms. The van der Waals surface area contributed by atoms with Gasteiger partial charge >= 0.3 is 0 Å². The lowest BCUT2D eigenvalue weighted by atomic mass is 9.71. The molecule has 64 valence electrons. The van der Waals surface area contributed by atoms with Gasteiger partial charge in [0.15, 0.2) is 0 Å². The highest BCUT2D eigenvalue weighted by atomic mass is 16.3. The molecular weight excluding hydrogens is 136 g/mol. The van der Waals surface area contributed by atoms with E-state index in [4.69, 9.17) is 0 Å². The van der Waals surface area contributed by atoms with E-state index in [-0.39, 0.29) is 11.5 Å². The molecular formula is C10H18O. The fourth-order valence-electron chi connectivity index (χ4n) is 2.94. The maximum Gasteiger partial charge on any atom is 0.0596 e. The quantitative estimate of drug-likeness (QED) is 0.567. The van der Waals surface area contributed by atoms with E-state index < -0.39 is 0 Å². The van der Waals surface area contributed by atoms with Gasteiger partial charge in [0, 0.05) is 0 Å². The van der Waals surface area contributed by atoms with Crippen LogP contribution < -0.4 is 0 Å². The number of rotatable bonds is 0. The third-order valence-corrected chi connectivity index (χ3v) is 4.02. The van der Waals surface area contributed by atoms with Crippen molar-refractivity contribution >= 4 is 0 Å². The van der Waals surface area contributed by atoms with Gasteiger partial charge in [-0.05, 0) is 42.9 Å². The van der Waals surface area contributed by atoms with Crippen molar-refractivity contribution in [2.45, 2.75) is 45.6 Å². The molecule has 2 aliphatic rings. The molecule has 0 spiro atoms. The number of hydrogen-bond donors (Lipinski definition) is 1. The smallest absolute Gasteiger partial charge is 0.0596 e. The van der Waals surface area contributed by atoms with Crippen LogP contribution in [0.15, 0.2) is 0 Å². The van der Waals surface area contributed by atoms with Gasteiger partial charge in [-0.15, -0.1) is 0 Å². The maximum atomic E-state index is 9.83. The minimum absolute atomic E-state index is 0.0174. The van der Waals surface area contributed by atoms with Crippen molar-refractivity contribution in [1.82, 2.24) is 0 Å². The van der Waals surface area contributed by atoms with Crippen molar-refractivity contribution in [3.63, 3.8) is 0 Å². The lowest BCUT2D eigenvalue weighted by Crippen LogP contribution is -2.36. The highest BCUT2D eigenvalue weighted by Gasteiger charge is 2.47. The topological polar surface area (TPSA) is 20.2 Å². The molecule has 1 nitrogen and oxygen atoms in total. The molecule has 4 atom stereocenters. The summed E-state index contributed by atoms with van der Waals surface area (Å²) < 4.78 is 0. The highest BCUT2D eigenvalue weighted by Crippen LogP contribution is 2.53. The molecule has 2 aliphatic carbocycles. The SMILES string of the molecule is CC1CC(O)C2(C)CCC1C2. The first-order chi connectivity index (χ1) is 5.12. The Kier molecular flexibility index (Phi) is 1.54. The lowest BCUT2D eigenvalue weighted by Gasteiger charge is -2.37. The van der Waals surface area contributed by atoms with Gasteiger partial charge in [-0.25, -0.2) is 0 Å². The third-order valence-electron chi connectivity index (χ3n) is 4.02. The summed E-state index contributed by atoms with van der Waals surface area (Å²) >= 11 is 0. The summed E-state index contributed by atoms with van der Waals surface area (Å²) in [4.78, 5) is 0. The van der Waals surface area contributed by atoms with E-state index >= 15 is 0 Å². The van der Waals surface area contributed by atoms with Crippen LogP contribution in [0.25, 0.3) is 0 Å². The fraction of sp³-hybridized carbons (Fsp3) is 1.00. The van der Waals surface area contributed by atoms with Gasteiger partial charge in [0.05, 0.1) is 6.10 Å². The van der Waals surface area contributed by atoms with E-state index in [1.807, 2.05) is 0 Å². The van der Waals surface area contributed by atoms with E-state index in [0.717, 1.165) is 18.3 Å². The minimum Gasteiger partial charge on any atom is -0.393 e. The molecule has 0 aliphatic heterocycles. The van der Waals surface area contributed by atoms with Crippen LogP contribution in [0.3, 0.4) is 0 Å². The third kappa shape index (κ3) is 1.01. The van der Waals surface area contributed by atoms with Crippen LogP contribution in [0.1, 0.15) is 39.5 Å². The second kappa shape index (κ2) is 2.22. The van der Waals surface area contributed by atoms with Gasteiger partial charge in [0.1, 0.15) is 0 Å². The summed E-state index contributed by atoms with van der Waals surface area (Å²) in [5.41, 5.74) is 0.289. The van der Waals surface area contributed by atoms with Crippen LogP contribution in [-0.2, 0) is 0 Å². The van der Waals surface area contributed by atoms with Crippen LogP contribution in [0.2, 0.25) is 0 Å². The maximum absolute atomic E-state index is 9.83. The zero-order chi connectivity index (χ0) is 8.06. The summed E-state index contributed by atoms with van der Waals surface area (Å²) in [5, 5.41) is 9.83. The van der Waals surface area contributed by atoms with Gasteiger partial charge in [-0.3, -0.25) is 0 Å². The number of aliphatic hydroxyl groups is 1. The monoisotopic (exact) mass is 154 g/mol. The van der Waals surface area contributed by atoms with Crippen molar-refractivity contribution in [3.8, 4) is 0 Å². The highest BCUT2D eigenvalue weighted by molar-refractivity contribution is 4.97. The fourth-order valence-corrected chi connectivity index (χ4v) is 2.94. The normalized spacial score (nSPS) is 56.5. The van der Waals surface area contributed by atoms with Gasteiger partial charge in [0.25, 0.3) is 0 Å². The molecule has 2 rings (SSSR count). The van der Waals surface area contributed by atoms with Crippen molar-refractivity contribution < 1.29 is 5.11 Å². The molecule has 2 bridgehead atoms.